The summed E-state index contributed by atoms with van der Waals surface area (Å²) >= 11 is 0. The van der Waals surface area contributed by atoms with Gasteiger partial charge < -0.3 is 15.0 Å². The lowest BCUT2D eigenvalue weighted by atomic mass is 10.2. The standard InChI is InChI=1S/C18H22N4O3/c1-4-5-12-22(2)16(23)15-10-11-19-18(21-15)20-14-8-6-13(7-9-14)17(24)25-3/h6-11H,4-5,12H2,1-3H3,(H,19,20,21). The number of aromatic nitrogens is 2. The molecule has 0 fully saturated rings. The summed E-state index contributed by atoms with van der Waals surface area (Å²) < 4.78 is 4.66. The predicted octanol–water partition coefficient (Wildman–Crippen LogP) is 2.88. The molecule has 2 aromatic rings. The molecular formula is C18H22N4O3. The smallest absolute Gasteiger partial charge is 0.337 e. The van der Waals surface area contributed by atoms with Gasteiger partial charge >= 0.3 is 5.97 Å². The first-order chi connectivity index (χ1) is 12.0. The molecule has 1 aromatic heterocycles. The van der Waals surface area contributed by atoms with Gasteiger partial charge in [-0.3, -0.25) is 4.79 Å². The van der Waals surface area contributed by atoms with Crippen molar-refractivity contribution in [3.63, 3.8) is 0 Å². The van der Waals surface area contributed by atoms with Gasteiger partial charge in [-0.1, -0.05) is 13.3 Å². The summed E-state index contributed by atoms with van der Waals surface area (Å²) in [5.41, 5.74) is 1.49. The third-order valence-corrected chi connectivity index (χ3v) is 3.63. The van der Waals surface area contributed by atoms with E-state index in [0.717, 1.165) is 12.8 Å². The van der Waals surface area contributed by atoms with E-state index in [0.29, 0.717) is 29.4 Å². The van der Waals surface area contributed by atoms with Gasteiger partial charge in [-0.25, -0.2) is 14.8 Å². The molecule has 1 heterocycles. The van der Waals surface area contributed by atoms with E-state index in [2.05, 4.69) is 26.9 Å². The molecule has 0 aliphatic carbocycles. The number of anilines is 2. The number of nitrogens with one attached hydrogen (secondary N) is 1. The molecule has 25 heavy (non-hydrogen) atoms. The Labute approximate surface area is 147 Å². The van der Waals surface area contributed by atoms with Crippen LogP contribution in [0, 0.1) is 0 Å². The van der Waals surface area contributed by atoms with Gasteiger partial charge in [0.15, 0.2) is 0 Å². The number of amides is 1. The minimum atomic E-state index is -0.398. The summed E-state index contributed by atoms with van der Waals surface area (Å²) in [6.07, 6.45) is 3.51. The number of rotatable bonds is 7. The van der Waals surface area contributed by atoms with Crippen LogP contribution in [0.15, 0.2) is 36.5 Å². The number of nitrogens with zero attached hydrogens (tertiary/aromatic N) is 3. The maximum Gasteiger partial charge on any atom is 0.337 e. The van der Waals surface area contributed by atoms with Gasteiger partial charge in [0.2, 0.25) is 5.95 Å². The van der Waals surface area contributed by atoms with E-state index in [9.17, 15) is 9.59 Å². The molecule has 0 aliphatic rings. The fourth-order valence-electron chi connectivity index (χ4n) is 2.17. The van der Waals surface area contributed by atoms with Crippen LogP contribution in [-0.2, 0) is 4.74 Å². The first-order valence-corrected chi connectivity index (χ1v) is 8.09. The molecule has 1 N–H and O–H groups in total. The number of carbonyl (C=O) groups excluding carboxylic acids is 2. The molecule has 7 heteroatoms. The Hall–Kier alpha value is -2.96. The van der Waals surface area contributed by atoms with Gasteiger partial charge in [-0.15, -0.1) is 0 Å². The topological polar surface area (TPSA) is 84.4 Å². The number of unbranched alkanes of at least 4 members (excludes halogenated alkanes) is 1. The van der Waals surface area contributed by atoms with Crippen LogP contribution >= 0.6 is 0 Å². The van der Waals surface area contributed by atoms with Gasteiger partial charge in [0, 0.05) is 25.5 Å². The van der Waals surface area contributed by atoms with Gasteiger partial charge in [0.1, 0.15) is 5.69 Å². The maximum absolute atomic E-state index is 12.4. The highest BCUT2D eigenvalue weighted by atomic mass is 16.5. The van der Waals surface area contributed by atoms with E-state index in [4.69, 9.17) is 0 Å². The van der Waals surface area contributed by atoms with Crippen molar-refractivity contribution in [1.82, 2.24) is 14.9 Å². The SMILES string of the molecule is CCCCN(C)C(=O)c1ccnc(Nc2ccc(C(=O)OC)cc2)n1. The second kappa shape index (κ2) is 8.77. The van der Waals surface area contributed by atoms with E-state index in [-0.39, 0.29) is 5.91 Å². The van der Waals surface area contributed by atoms with Crippen LogP contribution in [0.5, 0.6) is 0 Å². The number of benzene rings is 1. The van der Waals surface area contributed by atoms with Gasteiger partial charge in [0.25, 0.3) is 5.91 Å². The van der Waals surface area contributed by atoms with Crippen molar-refractivity contribution >= 4 is 23.5 Å². The Morgan fingerprint density at radius 2 is 1.92 bits per heavy atom. The van der Waals surface area contributed by atoms with Crippen molar-refractivity contribution in [2.75, 3.05) is 26.0 Å². The maximum atomic E-state index is 12.4. The minimum Gasteiger partial charge on any atom is -0.465 e. The molecule has 132 valence electrons. The van der Waals surface area contributed by atoms with E-state index in [1.54, 1.807) is 48.5 Å². The van der Waals surface area contributed by atoms with Gasteiger partial charge in [-0.2, -0.15) is 0 Å². The second-order valence-electron chi connectivity index (χ2n) is 5.54. The summed E-state index contributed by atoms with van der Waals surface area (Å²) in [6, 6.07) is 8.31. The van der Waals surface area contributed by atoms with Crippen LogP contribution in [0.2, 0.25) is 0 Å². The van der Waals surface area contributed by atoms with Crippen LogP contribution in [0.1, 0.15) is 40.6 Å². The minimum absolute atomic E-state index is 0.139. The first-order valence-electron chi connectivity index (χ1n) is 8.09. The molecule has 0 unspecified atom stereocenters. The zero-order valence-corrected chi connectivity index (χ0v) is 14.7. The molecule has 0 radical (unpaired) electrons. The summed E-state index contributed by atoms with van der Waals surface area (Å²) in [6.45, 7) is 2.77. The van der Waals surface area contributed by atoms with Crippen LogP contribution in [0.4, 0.5) is 11.6 Å². The number of methoxy groups -OCH3 is 1. The lowest BCUT2D eigenvalue weighted by Crippen LogP contribution is -2.28. The average molecular weight is 342 g/mol. The lowest BCUT2D eigenvalue weighted by molar-refractivity contribution is 0.0600. The molecule has 0 atom stereocenters. The predicted molar refractivity (Wildman–Crippen MR) is 95.0 cm³/mol. The fourth-order valence-corrected chi connectivity index (χ4v) is 2.17. The van der Waals surface area contributed by atoms with Crippen molar-refractivity contribution in [1.29, 1.82) is 0 Å². The van der Waals surface area contributed by atoms with Crippen LogP contribution in [0.3, 0.4) is 0 Å². The van der Waals surface area contributed by atoms with E-state index in [1.165, 1.54) is 7.11 Å². The molecule has 0 saturated heterocycles. The molecule has 2 rings (SSSR count). The van der Waals surface area contributed by atoms with E-state index in [1.807, 2.05) is 0 Å². The Morgan fingerprint density at radius 1 is 1.20 bits per heavy atom. The molecule has 0 spiro atoms. The summed E-state index contributed by atoms with van der Waals surface area (Å²) in [7, 11) is 3.10. The summed E-state index contributed by atoms with van der Waals surface area (Å²) in [4.78, 5) is 33.8. The highest BCUT2D eigenvalue weighted by Gasteiger charge is 2.13. The number of esters is 1. The number of ether oxygens (including phenoxy) is 1. The van der Waals surface area contributed by atoms with Crippen molar-refractivity contribution < 1.29 is 14.3 Å². The zero-order valence-electron chi connectivity index (χ0n) is 14.7. The van der Waals surface area contributed by atoms with Gasteiger partial charge in [-0.05, 0) is 36.8 Å². The monoisotopic (exact) mass is 342 g/mol. The second-order valence-corrected chi connectivity index (χ2v) is 5.54. The molecule has 1 amide bonds. The summed E-state index contributed by atoms with van der Waals surface area (Å²) in [5, 5.41) is 3.02. The molecular weight excluding hydrogens is 320 g/mol. The quantitative estimate of drug-likeness (QED) is 0.779. The van der Waals surface area contributed by atoms with Crippen molar-refractivity contribution in [2.24, 2.45) is 0 Å². The molecule has 0 saturated carbocycles. The average Bonchev–Trinajstić information content (AvgIpc) is 2.65. The Balaban J connectivity index is 2.08. The number of carbonyl (C=O) groups is 2. The highest BCUT2D eigenvalue weighted by Crippen LogP contribution is 2.15. The molecule has 0 bridgehead atoms. The van der Waals surface area contributed by atoms with E-state index >= 15 is 0 Å². The first kappa shape index (κ1) is 18.4. The normalized spacial score (nSPS) is 10.2. The summed E-state index contributed by atoms with van der Waals surface area (Å²) in [5.74, 6) is -0.217. The van der Waals surface area contributed by atoms with Crippen molar-refractivity contribution in [3.05, 3.63) is 47.8 Å². The van der Waals surface area contributed by atoms with Gasteiger partial charge in [0.05, 0.1) is 12.7 Å². The van der Waals surface area contributed by atoms with E-state index < -0.39 is 5.97 Å². The lowest BCUT2D eigenvalue weighted by Gasteiger charge is -2.16. The Morgan fingerprint density at radius 3 is 2.56 bits per heavy atom. The number of hydrogen-bond acceptors (Lipinski definition) is 6. The van der Waals surface area contributed by atoms with Crippen molar-refractivity contribution in [3.8, 4) is 0 Å². The molecule has 0 aliphatic heterocycles. The van der Waals surface area contributed by atoms with Crippen LogP contribution in [0.25, 0.3) is 0 Å². The number of hydrogen-bond donors (Lipinski definition) is 1. The largest absolute Gasteiger partial charge is 0.465 e. The Kier molecular flexibility index (Phi) is 6.45. The Bertz CT molecular complexity index is 731. The third kappa shape index (κ3) is 5.00. The fraction of sp³-hybridized carbons (Fsp3) is 0.333. The highest BCUT2D eigenvalue weighted by molar-refractivity contribution is 5.92. The molecule has 1 aromatic carbocycles. The third-order valence-electron chi connectivity index (χ3n) is 3.63. The van der Waals surface area contributed by atoms with Crippen molar-refractivity contribution in [2.45, 2.75) is 19.8 Å². The van der Waals surface area contributed by atoms with Crippen LogP contribution in [-0.4, -0.2) is 47.4 Å². The molecule has 7 nitrogen and oxygen atoms in total. The zero-order chi connectivity index (χ0) is 18.2. The van der Waals surface area contributed by atoms with Crippen LogP contribution < -0.4 is 5.32 Å².